The molecule has 0 aliphatic rings. The Kier molecular flexibility index (Phi) is 4.29. The molecule has 100 valence electrons. The maximum Gasteiger partial charge on any atom is 0.216 e. The Balaban J connectivity index is 2.01. The molecule has 1 N–H and O–H groups in total. The van der Waals surface area contributed by atoms with Crippen molar-refractivity contribution in [3.63, 3.8) is 0 Å². The average molecular weight is 279 g/mol. The van der Waals surface area contributed by atoms with Crippen LogP contribution in [0.2, 0.25) is 0 Å². The molecule has 0 fully saturated rings. The quantitative estimate of drug-likeness (QED) is 0.913. The van der Waals surface area contributed by atoms with Crippen LogP contribution in [0.15, 0.2) is 54.6 Å². The third-order valence-electron chi connectivity index (χ3n) is 2.64. The van der Waals surface area contributed by atoms with Crippen LogP contribution in [0.1, 0.15) is 11.1 Å². The van der Waals surface area contributed by atoms with Crippen LogP contribution in [0.5, 0.6) is 0 Å². The van der Waals surface area contributed by atoms with Crippen LogP contribution in [0.3, 0.4) is 0 Å². The monoisotopic (exact) mass is 279 g/mol. The molecule has 0 spiro atoms. The first kappa shape index (κ1) is 13.7. The molecule has 0 saturated heterocycles. The molecule has 2 rings (SSSR count). The third kappa shape index (κ3) is 4.15. The van der Waals surface area contributed by atoms with E-state index in [1.54, 1.807) is 42.5 Å². The predicted molar refractivity (Wildman–Crippen MR) is 72.3 cm³/mol. The van der Waals surface area contributed by atoms with Gasteiger partial charge in [-0.1, -0.05) is 48.5 Å². The molecule has 5 heteroatoms. The van der Waals surface area contributed by atoms with Crippen molar-refractivity contribution in [2.24, 2.45) is 0 Å². The summed E-state index contributed by atoms with van der Waals surface area (Å²) in [6.45, 7) is -0.0398. The van der Waals surface area contributed by atoms with E-state index in [1.807, 2.05) is 6.07 Å². The van der Waals surface area contributed by atoms with Gasteiger partial charge in [-0.25, -0.2) is 17.5 Å². The summed E-state index contributed by atoms with van der Waals surface area (Å²) >= 11 is 0. The van der Waals surface area contributed by atoms with Gasteiger partial charge >= 0.3 is 0 Å². The van der Waals surface area contributed by atoms with Gasteiger partial charge in [0.15, 0.2) is 0 Å². The molecule has 0 unspecified atom stereocenters. The van der Waals surface area contributed by atoms with Crippen molar-refractivity contribution in [3.8, 4) is 0 Å². The van der Waals surface area contributed by atoms with Gasteiger partial charge in [0.05, 0.1) is 5.75 Å². The van der Waals surface area contributed by atoms with Crippen molar-refractivity contribution in [1.82, 2.24) is 4.72 Å². The Morgan fingerprint density at radius 1 is 0.947 bits per heavy atom. The van der Waals surface area contributed by atoms with E-state index in [2.05, 4.69) is 4.72 Å². The lowest BCUT2D eigenvalue weighted by Gasteiger charge is -2.07. The van der Waals surface area contributed by atoms with Crippen LogP contribution >= 0.6 is 0 Å². The second-order valence-electron chi connectivity index (χ2n) is 4.16. The van der Waals surface area contributed by atoms with Crippen LogP contribution in [-0.4, -0.2) is 8.42 Å². The van der Waals surface area contributed by atoms with Crippen molar-refractivity contribution in [1.29, 1.82) is 0 Å². The molecule has 0 aliphatic heterocycles. The zero-order chi connectivity index (χ0) is 13.7. The summed E-state index contributed by atoms with van der Waals surface area (Å²) in [7, 11) is -3.47. The lowest BCUT2D eigenvalue weighted by molar-refractivity contribution is 0.573. The van der Waals surface area contributed by atoms with Gasteiger partial charge in [0.25, 0.3) is 0 Å². The topological polar surface area (TPSA) is 46.2 Å². The minimum absolute atomic E-state index is 0.0398. The molecule has 2 aromatic rings. The van der Waals surface area contributed by atoms with Gasteiger partial charge in [0.2, 0.25) is 10.0 Å². The Morgan fingerprint density at radius 3 is 2.26 bits per heavy atom. The number of rotatable bonds is 5. The van der Waals surface area contributed by atoms with Gasteiger partial charge in [0, 0.05) is 12.1 Å². The van der Waals surface area contributed by atoms with Crippen LogP contribution in [0, 0.1) is 5.82 Å². The van der Waals surface area contributed by atoms with E-state index in [1.165, 1.54) is 6.07 Å². The van der Waals surface area contributed by atoms with Crippen molar-refractivity contribution in [2.75, 3.05) is 0 Å². The fourth-order valence-corrected chi connectivity index (χ4v) is 2.78. The van der Waals surface area contributed by atoms with Crippen molar-refractivity contribution < 1.29 is 12.8 Å². The first-order chi connectivity index (χ1) is 9.07. The molecule has 3 nitrogen and oxygen atoms in total. The highest BCUT2D eigenvalue weighted by Crippen LogP contribution is 2.08. The fourth-order valence-electron chi connectivity index (χ4n) is 1.67. The first-order valence-electron chi connectivity index (χ1n) is 5.81. The van der Waals surface area contributed by atoms with Crippen LogP contribution in [0.25, 0.3) is 0 Å². The van der Waals surface area contributed by atoms with Gasteiger partial charge in [-0.3, -0.25) is 0 Å². The summed E-state index contributed by atoms with van der Waals surface area (Å²) in [5, 5.41) is 0. The largest absolute Gasteiger partial charge is 0.216 e. The van der Waals surface area contributed by atoms with Gasteiger partial charge in [0.1, 0.15) is 5.82 Å². The first-order valence-corrected chi connectivity index (χ1v) is 7.47. The molecule has 0 atom stereocenters. The van der Waals surface area contributed by atoms with Gasteiger partial charge in [-0.15, -0.1) is 0 Å². The lowest BCUT2D eigenvalue weighted by atomic mass is 10.2. The second-order valence-corrected chi connectivity index (χ2v) is 5.96. The van der Waals surface area contributed by atoms with E-state index in [4.69, 9.17) is 0 Å². The van der Waals surface area contributed by atoms with Crippen LogP contribution in [-0.2, 0) is 22.3 Å². The number of benzene rings is 2. The fraction of sp³-hybridized carbons (Fsp3) is 0.143. The highest BCUT2D eigenvalue weighted by molar-refractivity contribution is 7.88. The van der Waals surface area contributed by atoms with Gasteiger partial charge in [-0.05, 0) is 11.6 Å². The minimum Gasteiger partial charge on any atom is -0.212 e. The van der Waals surface area contributed by atoms with Crippen LogP contribution in [0.4, 0.5) is 4.39 Å². The van der Waals surface area contributed by atoms with E-state index in [0.29, 0.717) is 11.1 Å². The number of hydrogen-bond acceptors (Lipinski definition) is 2. The molecule has 0 amide bonds. The van der Waals surface area contributed by atoms with E-state index >= 15 is 0 Å². The highest BCUT2D eigenvalue weighted by atomic mass is 32.2. The van der Waals surface area contributed by atoms with Crippen molar-refractivity contribution in [2.45, 2.75) is 12.3 Å². The number of sulfonamides is 1. The summed E-state index contributed by atoms with van der Waals surface area (Å²) < 4.78 is 39.5. The number of nitrogens with one attached hydrogen (secondary N) is 1. The molecule has 2 aromatic carbocycles. The van der Waals surface area contributed by atoms with E-state index in [9.17, 15) is 12.8 Å². The average Bonchev–Trinajstić information content (AvgIpc) is 2.38. The Hall–Kier alpha value is -1.72. The lowest BCUT2D eigenvalue weighted by Crippen LogP contribution is -2.25. The summed E-state index contributed by atoms with van der Waals surface area (Å²) in [5.74, 6) is -0.521. The zero-order valence-corrected chi connectivity index (χ0v) is 11.0. The van der Waals surface area contributed by atoms with Gasteiger partial charge < -0.3 is 0 Å². The summed E-state index contributed by atoms with van der Waals surface area (Å²) in [4.78, 5) is 0. The van der Waals surface area contributed by atoms with E-state index in [-0.39, 0.29) is 12.3 Å². The SMILES string of the molecule is O=S(=O)(Cc1ccccc1)NCc1ccccc1F. The molecule has 0 aliphatic carbocycles. The second kappa shape index (κ2) is 5.95. The molecule has 0 saturated carbocycles. The maximum absolute atomic E-state index is 13.4. The molecular formula is C14H14FNO2S. The zero-order valence-electron chi connectivity index (χ0n) is 10.2. The van der Waals surface area contributed by atoms with E-state index in [0.717, 1.165) is 0 Å². The molecule has 0 aromatic heterocycles. The Labute approximate surface area is 112 Å². The summed E-state index contributed by atoms with van der Waals surface area (Å²) in [5.41, 5.74) is 1.03. The van der Waals surface area contributed by atoms with E-state index < -0.39 is 15.8 Å². The summed E-state index contributed by atoms with van der Waals surface area (Å²) in [6.07, 6.45) is 0. The predicted octanol–water partition coefficient (Wildman–Crippen LogP) is 2.45. The Bertz CT molecular complexity index is 642. The molecule has 0 radical (unpaired) electrons. The number of hydrogen-bond donors (Lipinski definition) is 1. The molecule has 19 heavy (non-hydrogen) atoms. The maximum atomic E-state index is 13.4. The minimum atomic E-state index is -3.47. The van der Waals surface area contributed by atoms with Crippen molar-refractivity contribution in [3.05, 3.63) is 71.5 Å². The van der Waals surface area contributed by atoms with Gasteiger partial charge in [-0.2, -0.15) is 0 Å². The normalized spacial score (nSPS) is 11.4. The molecule has 0 bridgehead atoms. The standard InChI is InChI=1S/C14H14FNO2S/c15-14-9-5-4-8-13(14)10-16-19(17,18)11-12-6-2-1-3-7-12/h1-9,16H,10-11H2. The number of halogens is 1. The smallest absolute Gasteiger partial charge is 0.212 e. The van der Waals surface area contributed by atoms with Crippen LogP contribution < -0.4 is 4.72 Å². The van der Waals surface area contributed by atoms with Crippen molar-refractivity contribution >= 4 is 10.0 Å². The highest BCUT2D eigenvalue weighted by Gasteiger charge is 2.12. The molecule has 0 heterocycles. The third-order valence-corrected chi connectivity index (χ3v) is 3.94. The molecular weight excluding hydrogens is 265 g/mol. The summed E-state index contributed by atoms with van der Waals surface area (Å²) in [6, 6.07) is 15.0. The Morgan fingerprint density at radius 2 is 1.58 bits per heavy atom.